The van der Waals surface area contributed by atoms with Gasteiger partial charge in [0.05, 0.1) is 6.54 Å². The molecule has 0 saturated carbocycles. The third-order valence-electron chi connectivity index (χ3n) is 2.67. The van der Waals surface area contributed by atoms with Gasteiger partial charge in [0.15, 0.2) is 5.78 Å². The predicted molar refractivity (Wildman–Crippen MR) is 77.5 cm³/mol. The van der Waals surface area contributed by atoms with Gasteiger partial charge in [0.1, 0.15) is 0 Å². The number of rotatable bonds is 4. The summed E-state index contributed by atoms with van der Waals surface area (Å²) in [6, 6.07) is 6.60. The van der Waals surface area contributed by atoms with Crippen molar-refractivity contribution < 1.29 is 14.4 Å². The van der Waals surface area contributed by atoms with E-state index in [4.69, 9.17) is 0 Å². The topological polar surface area (TPSA) is 75.3 Å². The molecule has 20 heavy (non-hydrogen) atoms. The number of carbonyl (C=O) groups is 3. The van der Waals surface area contributed by atoms with Crippen molar-refractivity contribution in [1.29, 1.82) is 0 Å². The molecule has 0 aromatic heterocycles. The number of Topliss-reactive ketones (excluding diaryl/α,β-unsaturated/α-hetero) is 1. The molecule has 1 aromatic carbocycles. The highest BCUT2D eigenvalue weighted by atomic mass is 16.2. The van der Waals surface area contributed by atoms with Crippen molar-refractivity contribution in [3.63, 3.8) is 0 Å². The molecule has 0 aliphatic rings. The van der Waals surface area contributed by atoms with Crippen LogP contribution in [0.1, 0.15) is 38.1 Å². The summed E-state index contributed by atoms with van der Waals surface area (Å²) in [5.41, 5.74) is 0.651. The van der Waals surface area contributed by atoms with Gasteiger partial charge < -0.3 is 10.6 Å². The Labute approximate surface area is 118 Å². The van der Waals surface area contributed by atoms with Crippen LogP contribution in [0.15, 0.2) is 24.3 Å². The Hall–Kier alpha value is -2.17. The largest absolute Gasteiger partial charge is 0.347 e. The maximum atomic E-state index is 11.7. The van der Waals surface area contributed by atoms with Crippen LogP contribution in [-0.2, 0) is 9.59 Å². The fourth-order valence-corrected chi connectivity index (χ4v) is 1.42. The Morgan fingerprint density at radius 2 is 1.60 bits per heavy atom. The van der Waals surface area contributed by atoms with Crippen LogP contribution in [0.2, 0.25) is 0 Å². The first-order valence-corrected chi connectivity index (χ1v) is 6.39. The van der Waals surface area contributed by atoms with Gasteiger partial charge in [-0.25, -0.2) is 0 Å². The number of hydrogen-bond acceptors (Lipinski definition) is 3. The molecule has 5 nitrogen and oxygen atoms in total. The van der Waals surface area contributed by atoms with E-state index in [-0.39, 0.29) is 24.1 Å². The van der Waals surface area contributed by atoms with Crippen molar-refractivity contribution in [1.82, 2.24) is 5.32 Å². The summed E-state index contributed by atoms with van der Waals surface area (Å²) in [6.45, 7) is 6.74. The second-order valence-corrected chi connectivity index (χ2v) is 5.61. The third kappa shape index (κ3) is 4.84. The van der Waals surface area contributed by atoms with Gasteiger partial charge in [-0.1, -0.05) is 20.8 Å². The lowest BCUT2D eigenvalue weighted by molar-refractivity contribution is -0.130. The highest BCUT2D eigenvalue weighted by molar-refractivity contribution is 5.97. The van der Waals surface area contributed by atoms with Crippen molar-refractivity contribution in [3.05, 3.63) is 29.8 Å². The van der Waals surface area contributed by atoms with Crippen molar-refractivity contribution in [2.75, 3.05) is 11.9 Å². The van der Waals surface area contributed by atoms with Crippen LogP contribution in [0.3, 0.4) is 0 Å². The van der Waals surface area contributed by atoms with Crippen LogP contribution in [-0.4, -0.2) is 24.1 Å². The first-order chi connectivity index (χ1) is 9.20. The SMILES string of the molecule is CC(=O)c1ccc(NC(=O)CNC(=O)C(C)(C)C)cc1. The molecule has 108 valence electrons. The van der Waals surface area contributed by atoms with Crippen molar-refractivity contribution >= 4 is 23.3 Å². The summed E-state index contributed by atoms with van der Waals surface area (Å²) in [4.78, 5) is 34.4. The van der Waals surface area contributed by atoms with E-state index in [9.17, 15) is 14.4 Å². The molecule has 2 amide bonds. The number of benzene rings is 1. The van der Waals surface area contributed by atoms with E-state index in [2.05, 4.69) is 10.6 Å². The molecular weight excluding hydrogens is 256 g/mol. The summed E-state index contributed by atoms with van der Waals surface area (Å²) < 4.78 is 0. The fourth-order valence-electron chi connectivity index (χ4n) is 1.42. The highest BCUT2D eigenvalue weighted by Gasteiger charge is 2.21. The van der Waals surface area contributed by atoms with Gasteiger partial charge in [0.25, 0.3) is 0 Å². The number of amides is 2. The minimum absolute atomic E-state index is 0.0275. The molecule has 2 N–H and O–H groups in total. The van der Waals surface area contributed by atoms with E-state index >= 15 is 0 Å². The molecule has 0 unspecified atom stereocenters. The van der Waals surface area contributed by atoms with Gasteiger partial charge in [-0.2, -0.15) is 0 Å². The number of nitrogens with one attached hydrogen (secondary N) is 2. The van der Waals surface area contributed by atoms with Gasteiger partial charge in [-0.15, -0.1) is 0 Å². The van der Waals surface area contributed by atoms with Crippen molar-refractivity contribution in [2.45, 2.75) is 27.7 Å². The molecule has 0 bridgehead atoms. The summed E-state index contributed by atoms with van der Waals surface area (Å²) in [6.07, 6.45) is 0. The summed E-state index contributed by atoms with van der Waals surface area (Å²) >= 11 is 0. The average molecular weight is 276 g/mol. The smallest absolute Gasteiger partial charge is 0.243 e. The van der Waals surface area contributed by atoms with E-state index in [1.807, 2.05) is 0 Å². The normalized spacial score (nSPS) is 10.8. The lowest BCUT2D eigenvalue weighted by Gasteiger charge is -2.17. The number of anilines is 1. The van der Waals surface area contributed by atoms with Gasteiger partial charge in [0, 0.05) is 16.7 Å². The van der Waals surface area contributed by atoms with E-state index in [0.29, 0.717) is 11.3 Å². The Morgan fingerprint density at radius 1 is 1.05 bits per heavy atom. The summed E-state index contributed by atoms with van der Waals surface area (Å²) in [5.74, 6) is -0.516. The molecule has 0 aliphatic carbocycles. The fraction of sp³-hybridized carbons (Fsp3) is 0.400. The maximum Gasteiger partial charge on any atom is 0.243 e. The monoisotopic (exact) mass is 276 g/mol. The molecule has 1 aromatic rings. The van der Waals surface area contributed by atoms with Crippen LogP contribution < -0.4 is 10.6 Å². The van der Waals surface area contributed by atoms with E-state index in [1.165, 1.54) is 6.92 Å². The standard InChI is InChI=1S/C15H20N2O3/c1-10(18)11-5-7-12(8-6-11)17-13(19)9-16-14(20)15(2,3)4/h5-8H,9H2,1-4H3,(H,16,20)(H,17,19). The quantitative estimate of drug-likeness (QED) is 0.826. The zero-order valence-electron chi connectivity index (χ0n) is 12.2. The Bertz CT molecular complexity index is 513. The van der Waals surface area contributed by atoms with Gasteiger partial charge in [-0.05, 0) is 31.2 Å². The summed E-state index contributed by atoms with van der Waals surface area (Å²) in [5, 5.41) is 5.22. The van der Waals surface area contributed by atoms with Crippen molar-refractivity contribution in [2.24, 2.45) is 5.41 Å². The third-order valence-corrected chi connectivity index (χ3v) is 2.67. The van der Waals surface area contributed by atoms with Crippen LogP contribution in [0.25, 0.3) is 0 Å². The Kier molecular flexibility index (Phi) is 5.02. The minimum atomic E-state index is -0.524. The molecule has 5 heteroatoms. The molecule has 0 fully saturated rings. The van der Waals surface area contributed by atoms with E-state index in [0.717, 1.165) is 0 Å². The molecule has 0 aliphatic heterocycles. The molecule has 0 atom stereocenters. The average Bonchev–Trinajstić information content (AvgIpc) is 2.35. The first kappa shape index (κ1) is 15.9. The second-order valence-electron chi connectivity index (χ2n) is 5.61. The molecule has 1 rings (SSSR count). The van der Waals surface area contributed by atoms with Gasteiger partial charge in [-0.3, -0.25) is 14.4 Å². The molecular formula is C15H20N2O3. The second kappa shape index (κ2) is 6.32. The maximum absolute atomic E-state index is 11.7. The minimum Gasteiger partial charge on any atom is -0.347 e. The Morgan fingerprint density at radius 3 is 2.05 bits per heavy atom. The number of ketones is 1. The van der Waals surface area contributed by atoms with Crippen LogP contribution in [0, 0.1) is 5.41 Å². The number of hydrogen-bond donors (Lipinski definition) is 2. The lowest BCUT2D eigenvalue weighted by atomic mass is 9.96. The van der Waals surface area contributed by atoms with Gasteiger partial charge in [0.2, 0.25) is 11.8 Å². The zero-order valence-corrected chi connectivity index (χ0v) is 12.2. The zero-order chi connectivity index (χ0) is 15.3. The predicted octanol–water partition coefficient (Wildman–Crippen LogP) is 1.99. The van der Waals surface area contributed by atoms with E-state index in [1.54, 1.807) is 45.0 Å². The first-order valence-electron chi connectivity index (χ1n) is 6.39. The van der Waals surface area contributed by atoms with Crippen LogP contribution >= 0.6 is 0 Å². The lowest BCUT2D eigenvalue weighted by Crippen LogP contribution is -2.39. The molecule has 0 spiro atoms. The molecule has 0 saturated heterocycles. The Balaban J connectivity index is 2.51. The molecule has 0 heterocycles. The number of carbonyl (C=O) groups excluding carboxylic acids is 3. The van der Waals surface area contributed by atoms with Crippen LogP contribution in [0.4, 0.5) is 5.69 Å². The van der Waals surface area contributed by atoms with E-state index < -0.39 is 5.41 Å². The molecule has 0 radical (unpaired) electrons. The van der Waals surface area contributed by atoms with Gasteiger partial charge >= 0.3 is 0 Å². The highest BCUT2D eigenvalue weighted by Crippen LogP contribution is 2.12. The summed E-state index contributed by atoms with van der Waals surface area (Å²) in [7, 11) is 0. The van der Waals surface area contributed by atoms with Crippen molar-refractivity contribution in [3.8, 4) is 0 Å². The van der Waals surface area contributed by atoms with Crippen LogP contribution in [0.5, 0.6) is 0 Å².